The molecule has 1 aliphatic carbocycles. The molecule has 1 heterocycles. The molecule has 0 amide bonds. The zero-order chi connectivity index (χ0) is 13.8. The molecule has 0 aromatic carbocycles. The summed E-state index contributed by atoms with van der Waals surface area (Å²) in [5, 5.41) is 8.17. The Kier molecular flexibility index (Phi) is 4.72. The van der Waals surface area contributed by atoms with Crippen molar-refractivity contribution in [2.24, 2.45) is 5.92 Å². The van der Waals surface area contributed by atoms with Gasteiger partial charge in [0.2, 0.25) is 0 Å². The largest absolute Gasteiger partial charge is 0.394 e. The van der Waals surface area contributed by atoms with Crippen LogP contribution in [0.25, 0.3) is 0 Å². The average Bonchev–Trinajstić information content (AvgIpc) is 2.68. The zero-order valence-corrected chi connectivity index (χ0v) is 12.6. The summed E-state index contributed by atoms with van der Waals surface area (Å²) >= 11 is 0. The Morgan fingerprint density at radius 3 is 2.53 bits per heavy atom. The van der Waals surface area contributed by atoms with Gasteiger partial charge in [-0.05, 0) is 44.9 Å². The molecule has 0 saturated heterocycles. The predicted molar refractivity (Wildman–Crippen MR) is 81.3 cm³/mol. The van der Waals surface area contributed by atoms with Gasteiger partial charge in [-0.3, -0.25) is 0 Å². The molecule has 1 fully saturated rings. The van der Waals surface area contributed by atoms with Crippen LogP contribution in [0.3, 0.4) is 0 Å². The van der Waals surface area contributed by atoms with E-state index in [-0.39, 0.29) is 0 Å². The van der Waals surface area contributed by atoms with Crippen molar-refractivity contribution in [1.29, 1.82) is 0 Å². The number of nitrogens with two attached hydrogens (primary N) is 1. The van der Waals surface area contributed by atoms with E-state index < -0.39 is 0 Å². The highest BCUT2D eigenvalue weighted by Crippen LogP contribution is 2.30. The molecule has 19 heavy (non-hydrogen) atoms. The summed E-state index contributed by atoms with van der Waals surface area (Å²) in [7, 11) is 0. The molecular weight excluding hydrogens is 236 g/mol. The van der Waals surface area contributed by atoms with Gasteiger partial charge >= 0.3 is 0 Å². The van der Waals surface area contributed by atoms with E-state index in [2.05, 4.69) is 24.3 Å². The van der Waals surface area contributed by atoms with Crippen molar-refractivity contribution in [2.45, 2.75) is 71.9 Å². The second-order valence-electron chi connectivity index (χ2n) is 5.84. The van der Waals surface area contributed by atoms with E-state index >= 15 is 0 Å². The molecule has 2 rings (SSSR count). The van der Waals surface area contributed by atoms with Crippen molar-refractivity contribution >= 4 is 11.5 Å². The normalized spacial score (nSPS) is 23.5. The lowest BCUT2D eigenvalue weighted by molar-refractivity contribution is 0.329. The second-order valence-corrected chi connectivity index (χ2v) is 5.84. The fourth-order valence-electron chi connectivity index (χ4n) is 3.03. The first kappa shape index (κ1) is 14.2. The van der Waals surface area contributed by atoms with E-state index in [1.807, 2.05) is 11.6 Å². The minimum Gasteiger partial charge on any atom is -0.394 e. The number of hydrogen-bond donors (Lipinski definition) is 2. The third-order valence-corrected chi connectivity index (χ3v) is 4.37. The maximum absolute atomic E-state index is 6.16. The third kappa shape index (κ3) is 3.23. The number of aromatic nitrogens is 2. The highest BCUT2D eigenvalue weighted by Gasteiger charge is 2.22. The van der Waals surface area contributed by atoms with Crippen molar-refractivity contribution in [3.05, 3.63) is 5.69 Å². The van der Waals surface area contributed by atoms with E-state index in [1.54, 1.807) is 0 Å². The number of aryl methyl sites for hydroxylation is 2. The van der Waals surface area contributed by atoms with E-state index in [1.165, 1.54) is 32.1 Å². The highest BCUT2D eigenvalue weighted by atomic mass is 15.3. The van der Waals surface area contributed by atoms with Gasteiger partial charge in [-0.2, -0.15) is 5.10 Å². The average molecular weight is 264 g/mol. The number of rotatable bonds is 5. The second kappa shape index (κ2) is 6.31. The molecule has 0 radical (unpaired) electrons. The van der Waals surface area contributed by atoms with E-state index in [4.69, 9.17) is 5.73 Å². The molecule has 1 aromatic rings. The first-order valence-electron chi connectivity index (χ1n) is 7.75. The standard InChI is InChI=1S/C15H28N4/c1-4-10-19-15(14(16)11(3)18-19)17-13-8-6-12(5-2)7-9-13/h12-13,17H,4-10,16H2,1-3H3. The Morgan fingerprint density at radius 1 is 1.26 bits per heavy atom. The van der Waals surface area contributed by atoms with Gasteiger partial charge in [-0.1, -0.05) is 20.3 Å². The van der Waals surface area contributed by atoms with Crippen molar-refractivity contribution in [3.8, 4) is 0 Å². The van der Waals surface area contributed by atoms with Crippen LogP contribution < -0.4 is 11.1 Å². The van der Waals surface area contributed by atoms with Crippen LogP contribution in [0.15, 0.2) is 0 Å². The molecule has 4 nitrogen and oxygen atoms in total. The summed E-state index contributed by atoms with van der Waals surface area (Å²) in [6.07, 6.45) is 7.60. The smallest absolute Gasteiger partial charge is 0.148 e. The van der Waals surface area contributed by atoms with Crippen molar-refractivity contribution in [1.82, 2.24) is 9.78 Å². The summed E-state index contributed by atoms with van der Waals surface area (Å²) in [5.41, 5.74) is 7.93. The van der Waals surface area contributed by atoms with Crippen molar-refractivity contribution in [2.75, 3.05) is 11.1 Å². The number of hydrogen-bond acceptors (Lipinski definition) is 3. The summed E-state index contributed by atoms with van der Waals surface area (Å²) in [5.74, 6) is 1.97. The van der Waals surface area contributed by atoms with Gasteiger partial charge in [0.1, 0.15) is 5.82 Å². The first-order valence-corrected chi connectivity index (χ1v) is 7.75. The topological polar surface area (TPSA) is 55.9 Å². The van der Waals surface area contributed by atoms with Crippen LogP contribution >= 0.6 is 0 Å². The first-order chi connectivity index (χ1) is 9.15. The van der Waals surface area contributed by atoms with E-state index in [0.717, 1.165) is 36.1 Å². The molecule has 1 aromatic heterocycles. The van der Waals surface area contributed by atoms with Crippen molar-refractivity contribution in [3.63, 3.8) is 0 Å². The zero-order valence-electron chi connectivity index (χ0n) is 12.6. The van der Waals surface area contributed by atoms with Crippen LogP contribution in [-0.2, 0) is 6.54 Å². The third-order valence-electron chi connectivity index (χ3n) is 4.37. The molecule has 0 aliphatic heterocycles. The summed E-state index contributed by atoms with van der Waals surface area (Å²) < 4.78 is 2.04. The minimum atomic E-state index is 0.566. The summed E-state index contributed by atoms with van der Waals surface area (Å²) in [6.45, 7) is 7.39. The molecule has 0 bridgehead atoms. The number of nitrogens with one attached hydrogen (secondary N) is 1. The Balaban J connectivity index is 2.02. The van der Waals surface area contributed by atoms with Crippen LogP contribution in [0.2, 0.25) is 0 Å². The number of anilines is 2. The van der Waals surface area contributed by atoms with E-state index in [9.17, 15) is 0 Å². The van der Waals surface area contributed by atoms with Crippen LogP contribution in [0.4, 0.5) is 11.5 Å². The Morgan fingerprint density at radius 2 is 1.95 bits per heavy atom. The molecule has 0 unspecified atom stereocenters. The quantitative estimate of drug-likeness (QED) is 0.855. The lowest BCUT2D eigenvalue weighted by atomic mass is 9.84. The number of nitrogen functional groups attached to an aromatic ring is 1. The van der Waals surface area contributed by atoms with Crippen LogP contribution in [0.1, 0.15) is 58.1 Å². The molecule has 1 saturated carbocycles. The van der Waals surface area contributed by atoms with Crippen LogP contribution in [0.5, 0.6) is 0 Å². The Labute approximate surface area is 116 Å². The van der Waals surface area contributed by atoms with E-state index in [0.29, 0.717) is 6.04 Å². The lowest BCUT2D eigenvalue weighted by Gasteiger charge is -2.29. The van der Waals surface area contributed by atoms with Gasteiger partial charge in [0.25, 0.3) is 0 Å². The number of nitrogens with zero attached hydrogens (tertiary/aromatic N) is 2. The summed E-state index contributed by atoms with van der Waals surface area (Å²) in [4.78, 5) is 0. The van der Waals surface area contributed by atoms with Gasteiger partial charge in [0.05, 0.1) is 11.4 Å². The van der Waals surface area contributed by atoms with Gasteiger partial charge in [0.15, 0.2) is 0 Å². The maximum Gasteiger partial charge on any atom is 0.148 e. The molecule has 0 atom stereocenters. The summed E-state index contributed by atoms with van der Waals surface area (Å²) in [6, 6.07) is 0.566. The Bertz CT molecular complexity index is 403. The molecule has 108 valence electrons. The van der Waals surface area contributed by atoms with Gasteiger partial charge in [-0.25, -0.2) is 4.68 Å². The maximum atomic E-state index is 6.16. The molecule has 3 N–H and O–H groups in total. The fourth-order valence-corrected chi connectivity index (χ4v) is 3.03. The van der Waals surface area contributed by atoms with Crippen molar-refractivity contribution < 1.29 is 0 Å². The van der Waals surface area contributed by atoms with Gasteiger partial charge in [0, 0.05) is 12.6 Å². The molecule has 0 spiro atoms. The minimum absolute atomic E-state index is 0.566. The fraction of sp³-hybridized carbons (Fsp3) is 0.800. The van der Waals surface area contributed by atoms with Gasteiger partial charge in [-0.15, -0.1) is 0 Å². The SMILES string of the molecule is CCCn1nc(C)c(N)c1NC1CCC(CC)CC1. The van der Waals surface area contributed by atoms with Gasteiger partial charge < -0.3 is 11.1 Å². The molecule has 4 heteroatoms. The van der Waals surface area contributed by atoms with Crippen LogP contribution in [-0.4, -0.2) is 15.8 Å². The predicted octanol–water partition coefficient (Wildman–Crippen LogP) is 3.56. The van der Waals surface area contributed by atoms with Crippen LogP contribution in [0, 0.1) is 12.8 Å². The lowest BCUT2D eigenvalue weighted by Crippen LogP contribution is -2.27. The highest BCUT2D eigenvalue weighted by molar-refractivity contribution is 5.65. The molecule has 1 aliphatic rings. The monoisotopic (exact) mass is 264 g/mol. The Hall–Kier alpha value is -1.19. The molecular formula is C15H28N4.